The molecule has 0 radical (unpaired) electrons. The van der Waals surface area contributed by atoms with Gasteiger partial charge in [-0.15, -0.1) is 0 Å². The van der Waals surface area contributed by atoms with E-state index in [1.807, 2.05) is 0 Å². The fourth-order valence-electron chi connectivity index (χ4n) is 4.90. The Morgan fingerprint density at radius 2 is 1.56 bits per heavy atom. The molecule has 36 heavy (non-hydrogen) atoms. The summed E-state index contributed by atoms with van der Waals surface area (Å²) in [5.41, 5.74) is 2.88. The molecule has 8 heteroatoms. The van der Waals surface area contributed by atoms with Gasteiger partial charge in [-0.25, -0.2) is 4.39 Å². The molecule has 1 atom stereocenters. The van der Waals surface area contributed by atoms with Crippen molar-refractivity contribution in [2.24, 2.45) is 0 Å². The smallest absolute Gasteiger partial charge is 0.161 e. The van der Waals surface area contributed by atoms with Crippen LogP contribution in [-0.4, -0.2) is 16.7 Å². The third-order valence-electron chi connectivity index (χ3n) is 6.44. The topological polar surface area (TPSA) is 64.4 Å². The first-order chi connectivity index (χ1) is 17.2. The summed E-state index contributed by atoms with van der Waals surface area (Å²) in [6, 6.07) is 17.3. The zero-order chi connectivity index (χ0) is 25.6. The van der Waals surface area contributed by atoms with Gasteiger partial charge in [-0.3, -0.25) is 15.1 Å². The van der Waals surface area contributed by atoms with Gasteiger partial charge in [0, 0.05) is 49.8 Å². The fraction of sp³-hybridized carbons (Fsp3) is 0.143. The number of halogens is 4. The van der Waals surface area contributed by atoms with Crippen LogP contribution < -0.4 is 4.90 Å². The van der Waals surface area contributed by atoms with E-state index in [0.717, 1.165) is 0 Å². The van der Waals surface area contributed by atoms with Gasteiger partial charge < -0.3 is 5.11 Å². The molecular formula is C28H20Cl3FN2O2. The Morgan fingerprint density at radius 1 is 0.917 bits per heavy atom. The van der Waals surface area contributed by atoms with Gasteiger partial charge in [0.05, 0.1) is 5.69 Å². The first-order valence-electron chi connectivity index (χ1n) is 11.3. The van der Waals surface area contributed by atoms with Crippen molar-refractivity contribution in [3.05, 3.63) is 116 Å². The van der Waals surface area contributed by atoms with Gasteiger partial charge in [0.15, 0.2) is 5.78 Å². The molecule has 3 aromatic rings. The van der Waals surface area contributed by atoms with E-state index in [4.69, 9.17) is 34.8 Å². The van der Waals surface area contributed by atoms with Crippen LogP contribution in [-0.2, 0) is 4.79 Å². The Morgan fingerprint density at radius 3 is 2.19 bits per heavy atom. The molecule has 0 saturated heterocycles. The normalized spacial score (nSPS) is 19.4. The van der Waals surface area contributed by atoms with Crippen molar-refractivity contribution in [1.29, 1.82) is 5.41 Å². The Kier molecular flexibility index (Phi) is 6.64. The highest BCUT2D eigenvalue weighted by atomic mass is 35.5. The first-order valence-corrected chi connectivity index (χ1v) is 12.4. The molecule has 2 aliphatic rings. The Labute approximate surface area is 222 Å². The van der Waals surface area contributed by atoms with Crippen molar-refractivity contribution in [3.8, 4) is 0 Å². The van der Waals surface area contributed by atoms with Gasteiger partial charge in [0.2, 0.25) is 0 Å². The molecule has 0 fully saturated rings. The molecular weight excluding hydrogens is 522 g/mol. The number of Topliss-reactive ketones (excluding diaryl/α,β-unsaturated/α-hetero) is 1. The summed E-state index contributed by atoms with van der Waals surface area (Å²) in [4.78, 5) is 15.1. The highest BCUT2D eigenvalue weighted by Crippen LogP contribution is 2.48. The van der Waals surface area contributed by atoms with Crippen LogP contribution in [0.3, 0.4) is 0 Å². The van der Waals surface area contributed by atoms with Gasteiger partial charge >= 0.3 is 0 Å². The molecule has 0 aromatic heterocycles. The molecule has 0 spiro atoms. The molecule has 0 saturated carbocycles. The number of rotatable bonds is 3. The van der Waals surface area contributed by atoms with Crippen LogP contribution >= 0.6 is 34.8 Å². The van der Waals surface area contributed by atoms with Crippen LogP contribution in [0.4, 0.5) is 10.1 Å². The lowest BCUT2D eigenvalue weighted by Gasteiger charge is -2.42. The molecule has 1 aliphatic heterocycles. The average molecular weight is 542 g/mol. The maximum atomic E-state index is 13.8. The van der Waals surface area contributed by atoms with Crippen LogP contribution in [0.25, 0.3) is 5.76 Å². The number of aliphatic hydroxyl groups is 1. The number of nitrogens with zero attached hydrogens (tertiary/aromatic N) is 1. The lowest BCUT2D eigenvalue weighted by Crippen LogP contribution is -2.42. The van der Waals surface area contributed by atoms with Gasteiger partial charge in [0.1, 0.15) is 17.4 Å². The summed E-state index contributed by atoms with van der Waals surface area (Å²) >= 11 is 18.6. The molecule has 1 unspecified atom stereocenters. The van der Waals surface area contributed by atoms with Crippen molar-refractivity contribution in [2.75, 3.05) is 4.90 Å². The van der Waals surface area contributed by atoms with Crippen molar-refractivity contribution < 1.29 is 14.3 Å². The Hall–Kier alpha value is -3.12. The van der Waals surface area contributed by atoms with Gasteiger partial charge in [-0.2, -0.15) is 0 Å². The van der Waals surface area contributed by atoms with E-state index in [1.165, 1.54) is 12.1 Å². The second-order valence-electron chi connectivity index (χ2n) is 8.70. The minimum absolute atomic E-state index is 0.0245. The van der Waals surface area contributed by atoms with Crippen LogP contribution in [0.5, 0.6) is 0 Å². The zero-order valence-electron chi connectivity index (χ0n) is 18.9. The Balaban J connectivity index is 1.83. The second kappa shape index (κ2) is 9.74. The second-order valence-corrected chi connectivity index (χ2v) is 10.0. The zero-order valence-corrected chi connectivity index (χ0v) is 21.1. The van der Waals surface area contributed by atoms with Gasteiger partial charge in [-0.1, -0.05) is 46.9 Å². The summed E-state index contributed by atoms with van der Waals surface area (Å²) in [6.45, 7) is 0. The molecule has 0 bridgehead atoms. The summed E-state index contributed by atoms with van der Waals surface area (Å²) in [5, 5.41) is 22.1. The summed E-state index contributed by atoms with van der Waals surface area (Å²) in [6.07, 6.45) is 1.50. The van der Waals surface area contributed by atoms with E-state index in [1.54, 1.807) is 59.5 Å². The number of nitrogens with one attached hydrogen (secondary N) is 1. The lowest BCUT2D eigenvalue weighted by atomic mass is 9.73. The maximum Gasteiger partial charge on any atom is 0.161 e. The monoisotopic (exact) mass is 540 g/mol. The quantitative estimate of drug-likeness (QED) is 0.328. The predicted molar refractivity (Wildman–Crippen MR) is 143 cm³/mol. The van der Waals surface area contributed by atoms with Crippen LogP contribution in [0.2, 0.25) is 15.1 Å². The molecule has 5 rings (SSSR count). The van der Waals surface area contributed by atoms with Gasteiger partial charge in [-0.05, 0) is 73.0 Å². The van der Waals surface area contributed by atoms with Gasteiger partial charge in [0.25, 0.3) is 0 Å². The number of carbonyl (C=O) groups excluding carboxylic acids is 1. The molecule has 182 valence electrons. The lowest BCUT2D eigenvalue weighted by molar-refractivity contribution is -0.116. The minimum atomic E-state index is -0.762. The molecule has 0 amide bonds. The molecule has 2 N–H and O–H groups in total. The van der Waals surface area contributed by atoms with E-state index >= 15 is 0 Å². The van der Waals surface area contributed by atoms with Crippen molar-refractivity contribution >= 4 is 57.9 Å². The SMILES string of the molecule is N=C1/C(=C(/O)c2ccc(Cl)cc2)C(c2ccc(F)cc2)C2=C(CCCC2=O)N1c1cc(Cl)cc(Cl)c1. The van der Waals surface area contributed by atoms with Crippen molar-refractivity contribution in [3.63, 3.8) is 0 Å². The third-order valence-corrected chi connectivity index (χ3v) is 7.12. The molecule has 1 aliphatic carbocycles. The first kappa shape index (κ1) is 24.6. The van der Waals surface area contributed by atoms with Crippen LogP contribution in [0.1, 0.15) is 36.3 Å². The summed E-state index contributed by atoms with van der Waals surface area (Å²) in [7, 11) is 0. The van der Waals surface area contributed by atoms with E-state index in [0.29, 0.717) is 62.4 Å². The number of benzene rings is 3. The Bertz CT molecular complexity index is 1430. The summed E-state index contributed by atoms with van der Waals surface area (Å²) < 4.78 is 13.8. The number of anilines is 1. The maximum absolute atomic E-state index is 13.8. The van der Waals surface area contributed by atoms with E-state index in [-0.39, 0.29) is 23.0 Å². The van der Waals surface area contributed by atoms with E-state index < -0.39 is 11.7 Å². The number of hydrogen-bond donors (Lipinski definition) is 2. The number of aliphatic hydroxyl groups excluding tert-OH is 1. The number of carbonyl (C=O) groups is 1. The molecule has 4 nitrogen and oxygen atoms in total. The fourth-order valence-corrected chi connectivity index (χ4v) is 5.54. The predicted octanol–water partition coefficient (Wildman–Crippen LogP) is 8.34. The minimum Gasteiger partial charge on any atom is -0.507 e. The number of allylic oxidation sites excluding steroid dienone is 2. The number of amidine groups is 1. The number of ketones is 1. The van der Waals surface area contributed by atoms with Crippen molar-refractivity contribution in [2.45, 2.75) is 25.2 Å². The summed E-state index contributed by atoms with van der Waals surface area (Å²) in [5.74, 6) is -1.46. The average Bonchev–Trinajstić information content (AvgIpc) is 2.83. The highest BCUT2D eigenvalue weighted by molar-refractivity contribution is 6.35. The van der Waals surface area contributed by atoms with E-state index in [2.05, 4.69) is 0 Å². The molecule has 3 aromatic carbocycles. The molecule has 1 heterocycles. The van der Waals surface area contributed by atoms with E-state index in [9.17, 15) is 19.7 Å². The third kappa shape index (κ3) is 4.43. The van der Waals surface area contributed by atoms with Crippen LogP contribution in [0, 0.1) is 11.2 Å². The largest absolute Gasteiger partial charge is 0.507 e. The van der Waals surface area contributed by atoms with Crippen molar-refractivity contribution in [1.82, 2.24) is 0 Å². The number of hydrogen-bond acceptors (Lipinski definition) is 3. The highest BCUT2D eigenvalue weighted by Gasteiger charge is 2.43. The standard InChI is InChI=1S/C28H20Cl3FN2O2/c29-17-8-4-16(5-9-17)27(36)26-24(15-6-10-20(32)11-7-15)25-22(2-1-3-23(25)35)34(28(26)33)21-13-18(30)12-19(31)14-21/h4-14,24,33,36H,1-3H2/b27-26+,33-28?. The van der Waals surface area contributed by atoms with Crippen LogP contribution in [0.15, 0.2) is 83.6 Å².